The molecule has 1 amide bonds. The monoisotopic (exact) mass is 291 g/mol. The fourth-order valence-electron chi connectivity index (χ4n) is 1.85. The molecule has 0 saturated heterocycles. The van der Waals surface area contributed by atoms with Crippen LogP contribution in [0.2, 0.25) is 0 Å². The lowest BCUT2D eigenvalue weighted by Gasteiger charge is -2.04. The highest BCUT2D eigenvalue weighted by atomic mass is 32.2. The van der Waals surface area contributed by atoms with E-state index in [1.807, 2.05) is 0 Å². The molecule has 8 nitrogen and oxygen atoms in total. The summed E-state index contributed by atoms with van der Waals surface area (Å²) >= 11 is 1.57. The average Bonchev–Trinajstić information content (AvgIpc) is 3.04. The molecule has 0 radical (unpaired) electrons. The van der Waals surface area contributed by atoms with Crippen molar-refractivity contribution >= 4 is 29.3 Å². The van der Waals surface area contributed by atoms with Gasteiger partial charge in [-0.25, -0.2) is 0 Å². The van der Waals surface area contributed by atoms with Gasteiger partial charge in [-0.05, 0) is 6.07 Å². The Labute approximate surface area is 117 Å². The highest BCUT2D eigenvalue weighted by molar-refractivity contribution is 7.99. The van der Waals surface area contributed by atoms with Crippen LogP contribution in [0.25, 0.3) is 0 Å². The summed E-state index contributed by atoms with van der Waals surface area (Å²) in [5.41, 5.74) is 0.0851. The number of carbonyl (C=O) groups is 1. The molecule has 1 aliphatic heterocycles. The number of rotatable bonds is 3. The Morgan fingerprint density at radius 1 is 1.45 bits per heavy atom. The van der Waals surface area contributed by atoms with Gasteiger partial charge >= 0.3 is 0 Å². The highest BCUT2D eigenvalue weighted by Gasteiger charge is 2.20. The topological polar surface area (TPSA) is 103 Å². The molecule has 0 fully saturated rings. The Bertz CT molecular complexity index is 699. The Hall–Kier alpha value is -2.42. The summed E-state index contributed by atoms with van der Waals surface area (Å²) in [5.74, 6) is 0.812. The summed E-state index contributed by atoms with van der Waals surface area (Å²) in [6.07, 6.45) is 0. The van der Waals surface area contributed by atoms with Crippen LogP contribution in [0.1, 0.15) is 10.4 Å². The quantitative estimate of drug-likeness (QED) is 0.679. The van der Waals surface area contributed by atoms with E-state index >= 15 is 0 Å². The number of nitrogens with one attached hydrogen (secondary N) is 1. The van der Waals surface area contributed by atoms with Crippen LogP contribution in [-0.2, 0) is 6.54 Å². The first-order chi connectivity index (χ1) is 9.65. The van der Waals surface area contributed by atoms with Gasteiger partial charge in [0.1, 0.15) is 0 Å². The molecule has 1 aromatic heterocycles. The molecule has 0 saturated carbocycles. The van der Waals surface area contributed by atoms with E-state index in [-0.39, 0.29) is 11.3 Å². The number of aromatic nitrogens is 3. The molecule has 0 bridgehead atoms. The largest absolute Gasteiger partial charge is 0.290 e. The van der Waals surface area contributed by atoms with Crippen molar-refractivity contribution in [2.24, 2.45) is 0 Å². The van der Waals surface area contributed by atoms with Gasteiger partial charge in [0.05, 0.1) is 4.92 Å². The van der Waals surface area contributed by atoms with Crippen LogP contribution in [0, 0.1) is 10.1 Å². The number of benzene rings is 1. The first kappa shape index (κ1) is 12.6. The van der Waals surface area contributed by atoms with E-state index in [4.69, 9.17) is 0 Å². The van der Waals surface area contributed by atoms with Crippen molar-refractivity contribution in [3.05, 3.63) is 39.9 Å². The van der Waals surface area contributed by atoms with Gasteiger partial charge in [0, 0.05) is 30.0 Å². The predicted molar refractivity (Wildman–Crippen MR) is 71.8 cm³/mol. The molecule has 1 N–H and O–H groups in total. The van der Waals surface area contributed by atoms with Crippen LogP contribution in [-0.4, -0.2) is 31.3 Å². The third-order valence-corrected chi connectivity index (χ3v) is 3.75. The molecule has 3 rings (SSSR count). The summed E-state index contributed by atoms with van der Waals surface area (Å²) in [5, 5.41) is 21.9. The minimum absolute atomic E-state index is 0.125. The number of carbonyl (C=O) groups excluding carboxylic acids is 1. The van der Waals surface area contributed by atoms with Crippen molar-refractivity contribution in [3.63, 3.8) is 0 Å². The molecule has 0 unspecified atom stereocenters. The number of anilines is 1. The van der Waals surface area contributed by atoms with Crippen molar-refractivity contribution in [1.82, 2.24) is 14.8 Å². The average molecular weight is 291 g/mol. The summed E-state index contributed by atoms with van der Waals surface area (Å²) in [4.78, 5) is 22.2. The number of thioether (sulfide) groups is 1. The van der Waals surface area contributed by atoms with E-state index in [1.54, 1.807) is 16.3 Å². The summed E-state index contributed by atoms with van der Waals surface area (Å²) in [7, 11) is 0. The maximum atomic E-state index is 12.1. The Morgan fingerprint density at radius 3 is 3.10 bits per heavy atom. The number of non-ortho nitro benzene ring substituents is 1. The fraction of sp³-hybridized carbons (Fsp3) is 0.182. The third kappa shape index (κ3) is 2.23. The third-order valence-electron chi connectivity index (χ3n) is 2.81. The van der Waals surface area contributed by atoms with Gasteiger partial charge in [0.2, 0.25) is 5.95 Å². The van der Waals surface area contributed by atoms with E-state index in [0.717, 1.165) is 17.5 Å². The lowest BCUT2D eigenvalue weighted by Crippen LogP contribution is -2.16. The molecule has 20 heavy (non-hydrogen) atoms. The van der Waals surface area contributed by atoms with Crippen LogP contribution >= 0.6 is 11.8 Å². The smallest absolute Gasteiger partial charge is 0.270 e. The fourth-order valence-corrected chi connectivity index (χ4v) is 2.74. The Kier molecular flexibility index (Phi) is 3.11. The maximum absolute atomic E-state index is 12.1. The van der Waals surface area contributed by atoms with Crippen LogP contribution in [0.3, 0.4) is 0 Å². The standard InChI is InChI=1S/C11H9N5O3S/c17-9(7-2-1-3-8(6-7)16(18)19)12-10-13-14-11-15(10)4-5-20-11/h1-3,6H,4-5H2,(H,12,13,17). The zero-order valence-corrected chi connectivity index (χ0v) is 11.0. The molecular formula is C11H9N5O3S. The maximum Gasteiger partial charge on any atom is 0.270 e. The van der Waals surface area contributed by atoms with Crippen LogP contribution in [0.15, 0.2) is 29.4 Å². The van der Waals surface area contributed by atoms with Crippen molar-refractivity contribution in [2.45, 2.75) is 11.7 Å². The van der Waals surface area contributed by atoms with Gasteiger partial charge in [-0.2, -0.15) is 0 Å². The van der Waals surface area contributed by atoms with Gasteiger partial charge in [-0.1, -0.05) is 17.8 Å². The number of hydrogen-bond acceptors (Lipinski definition) is 6. The van der Waals surface area contributed by atoms with E-state index in [0.29, 0.717) is 5.95 Å². The molecule has 0 atom stereocenters. The van der Waals surface area contributed by atoms with Crippen LogP contribution < -0.4 is 5.32 Å². The first-order valence-corrected chi connectivity index (χ1v) is 6.75. The van der Waals surface area contributed by atoms with Gasteiger partial charge in [-0.3, -0.25) is 24.8 Å². The van der Waals surface area contributed by atoms with Gasteiger partial charge < -0.3 is 0 Å². The SMILES string of the molecule is O=C(Nc1nnc2n1CCS2)c1cccc([N+](=O)[O-])c1. The highest BCUT2D eigenvalue weighted by Crippen LogP contribution is 2.26. The second-order valence-corrected chi connectivity index (χ2v) is 5.13. The van der Waals surface area contributed by atoms with Crippen LogP contribution in [0.5, 0.6) is 0 Å². The van der Waals surface area contributed by atoms with E-state index < -0.39 is 10.8 Å². The van der Waals surface area contributed by atoms with E-state index in [9.17, 15) is 14.9 Å². The number of nitrogens with zero attached hydrogens (tertiary/aromatic N) is 4. The lowest BCUT2D eigenvalue weighted by molar-refractivity contribution is -0.384. The normalized spacial score (nSPS) is 13.0. The Balaban J connectivity index is 1.82. The van der Waals surface area contributed by atoms with Crippen molar-refractivity contribution in [2.75, 3.05) is 11.1 Å². The molecule has 2 aromatic rings. The number of nitro groups is 1. The number of amides is 1. The predicted octanol–water partition coefficient (Wildman–Crippen LogP) is 1.54. The molecule has 9 heteroatoms. The van der Waals surface area contributed by atoms with Gasteiger partial charge in [0.15, 0.2) is 5.16 Å². The Morgan fingerprint density at radius 2 is 2.30 bits per heavy atom. The molecule has 0 aliphatic carbocycles. The van der Waals surface area contributed by atoms with E-state index in [1.165, 1.54) is 24.3 Å². The number of fused-ring (bicyclic) bond motifs is 1. The lowest BCUT2D eigenvalue weighted by atomic mass is 10.2. The zero-order valence-electron chi connectivity index (χ0n) is 10.1. The first-order valence-electron chi connectivity index (χ1n) is 5.77. The van der Waals surface area contributed by atoms with Crippen molar-refractivity contribution in [3.8, 4) is 0 Å². The summed E-state index contributed by atoms with van der Waals surface area (Å²) < 4.78 is 1.81. The van der Waals surface area contributed by atoms with Crippen LogP contribution in [0.4, 0.5) is 11.6 Å². The minimum Gasteiger partial charge on any atom is -0.290 e. The molecule has 1 aliphatic rings. The molecule has 0 spiro atoms. The second kappa shape index (κ2) is 4.93. The molecule has 1 aromatic carbocycles. The van der Waals surface area contributed by atoms with E-state index in [2.05, 4.69) is 15.5 Å². The van der Waals surface area contributed by atoms with Gasteiger partial charge in [-0.15, -0.1) is 10.2 Å². The minimum atomic E-state index is -0.539. The number of nitro benzene ring substituents is 1. The molecule has 102 valence electrons. The number of hydrogen-bond donors (Lipinski definition) is 1. The zero-order chi connectivity index (χ0) is 14.1. The second-order valence-electron chi connectivity index (χ2n) is 4.07. The molecular weight excluding hydrogens is 282 g/mol. The van der Waals surface area contributed by atoms with Crippen molar-refractivity contribution in [1.29, 1.82) is 0 Å². The van der Waals surface area contributed by atoms with Crippen molar-refractivity contribution < 1.29 is 9.72 Å². The van der Waals surface area contributed by atoms with Gasteiger partial charge in [0.25, 0.3) is 11.6 Å². The summed E-state index contributed by atoms with van der Waals surface area (Å²) in [6.45, 7) is 0.734. The summed E-state index contributed by atoms with van der Waals surface area (Å²) in [6, 6.07) is 5.54. The molecule has 2 heterocycles.